The second-order valence-electron chi connectivity index (χ2n) is 8.97. The number of hydrogen-bond acceptors (Lipinski definition) is 4. The van der Waals surface area contributed by atoms with Gasteiger partial charge in [-0.05, 0) is 57.2 Å². The first-order valence-electron chi connectivity index (χ1n) is 10.5. The van der Waals surface area contributed by atoms with E-state index in [1.165, 1.54) is 23.2 Å². The fraction of sp³-hybridized carbons (Fsp3) is 0.636. The minimum atomic E-state index is -0.482. The predicted molar refractivity (Wildman–Crippen MR) is 118 cm³/mol. The quantitative estimate of drug-likeness (QED) is 0.602. The van der Waals surface area contributed by atoms with Crippen LogP contribution >= 0.6 is 0 Å². The third-order valence-electron chi connectivity index (χ3n) is 5.37. The van der Waals surface area contributed by atoms with Crippen LogP contribution in [-0.4, -0.2) is 62.3 Å². The van der Waals surface area contributed by atoms with Crippen molar-refractivity contribution in [2.45, 2.75) is 58.2 Å². The van der Waals surface area contributed by atoms with Crippen LogP contribution in [0, 0.1) is 0 Å². The summed E-state index contributed by atoms with van der Waals surface area (Å²) in [5.41, 5.74) is 3.56. The minimum absolute atomic E-state index is 0.0719. The van der Waals surface area contributed by atoms with E-state index in [0.717, 1.165) is 45.0 Å². The Labute approximate surface area is 174 Å². The predicted octanol–water partition coefficient (Wildman–Crippen LogP) is 2.74. The summed E-state index contributed by atoms with van der Waals surface area (Å²) in [6, 6.07) is 6.80. The summed E-state index contributed by atoms with van der Waals surface area (Å²) in [5, 5.41) is 6.44. The number of fused-ring (bicyclic) bond motifs is 1. The lowest BCUT2D eigenvalue weighted by atomic mass is 9.99. The van der Waals surface area contributed by atoms with E-state index in [4.69, 9.17) is 4.74 Å². The van der Waals surface area contributed by atoms with Crippen molar-refractivity contribution in [2.75, 3.05) is 38.6 Å². The highest BCUT2D eigenvalue weighted by atomic mass is 16.6. The molecule has 160 valence electrons. The fourth-order valence-corrected chi connectivity index (χ4v) is 4.01. The SMILES string of the molecule is CN=C(NCc1ccc2c(c1)CCCN2C)N1CCC(NC(=O)OC(C)(C)C)C1. The van der Waals surface area contributed by atoms with E-state index < -0.39 is 5.60 Å². The van der Waals surface area contributed by atoms with E-state index in [1.807, 2.05) is 20.8 Å². The van der Waals surface area contributed by atoms with Crippen LogP contribution < -0.4 is 15.5 Å². The highest BCUT2D eigenvalue weighted by molar-refractivity contribution is 5.80. The van der Waals surface area contributed by atoms with Gasteiger partial charge in [0.2, 0.25) is 0 Å². The molecule has 1 atom stereocenters. The van der Waals surface area contributed by atoms with Gasteiger partial charge in [0.1, 0.15) is 5.60 Å². The zero-order chi connectivity index (χ0) is 21.0. The standard InChI is InChI=1S/C22H35N5O2/c1-22(2,3)29-21(28)25-18-10-12-27(15-18)20(23-4)24-14-16-8-9-19-17(13-16)7-6-11-26(19)5/h8-9,13,18H,6-7,10-12,14-15H2,1-5H3,(H,23,24)(H,25,28). The third kappa shape index (κ3) is 5.78. The number of amides is 1. The molecule has 0 saturated carbocycles. The molecule has 29 heavy (non-hydrogen) atoms. The van der Waals surface area contributed by atoms with E-state index in [-0.39, 0.29) is 12.1 Å². The number of nitrogens with zero attached hydrogens (tertiary/aromatic N) is 3. The Balaban J connectivity index is 1.52. The molecule has 1 unspecified atom stereocenters. The van der Waals surface area contributed by atoms with Gasteiger partial charge in [-0.25, -0.2) is 4.79 Å². The molecule has 7 heteroatoms. The number of benzene rings is 1. The molecule has 1 saturated heterocycles. The van der Waals surface area contributed by atoms with Gasteiger partial charge in [0, 0.05) is 46.0 Å². The van der Waals surface area contributed by atoms with Gasteiger partial charge in [-0.2, -0.15) is 0 Å². The molecule has 3 rings (SSSR count). The number of aliphatic imine (C=N–C) groups is 1. The van der Waals surface area contributed by atoms with Gasteiger partial charge in [-0.3, -0.25) is 4.99 Å². The number of hydrogen-bond donors (Lipinski definition) is 2. The summed E-state index contributed by atoms with van der Waals surface area (Å²) in [7, 11) is 3.96. The number of carbonyl (C=O) groups excluding carboxylic acids is 1. The summed E-state index contributed by atoms with van der Waals surface area (Å²) in [6.07, 6.45) is 2.88. The molecular formula is C22H35N5O2. The number of likely N-dealkylation sites (tertiary alicyclic amines) is 1. The Bertz CT molecular complexity index is 756. The highest BCUT2D eigenvalue weighted by Gasteiger charge is 2.27. The first-order valence-corrected chi connectivity index (χ1v) is 10.5. The molecule has 2 N–H and O–H groups in total. The average molecular weight is 402 g/mol. The van der Waals surface area contributed by atoms with Crippen molar-refractivity contribution in [3.8, 4) is 0 Å². The van der Waals surface area contributed by atoms with Crippen molar-refractivity contribution in [1.29, 1.82) is 0 Å². The third-order valence-corrected chi connectivity index (χ3v) is 5.37. The van der Waals surface area contributed by atoms with Crippen LogP contribution in [-0.2, 0) is 17.7 Å². The molecule has 1 aromatic carbocycles. The normalized spacial score (nSPS) is 19.8. The van der Waals surface area contributed by atoms with Crippen LogP contribution in [0.25, 0.3) is 0 Å². The zero-order valence-corrected chi connectivity index (χ0v) is 18.4. The molecule has 0 radical (unpaired) electrons. The molecule has 1 aromatic rings. The van der Waals surface area contributed by atoms with Gasteiger partial charge in [0.05, 0.1) is 6.04 Å². The molecule has 2 aliphatic heterocycles. The molecule has 2 heterocycles. The van der Waals surface area contributed by atoms with Crippen molar-refractivity contribution in [1.82, 2.24) is 15.5 Å². The lowest BCUT2D eigenvalue weighted by Crippen LogP contribution is -2.44. The van der Waals surface area contributed by atoms with Crippen molar-refractivity contribution in [3.63, 3.8) is 0 Å². The van der Waals surface area contributed by atoms with Crippen LogP contribution in [0.4, 0.5) is 10.5 Å². The molecule has 0 aromatic heterocycles. The van der Waals surface area contributed by atoms with Crippen molar-refractivity contribution >= 4 is 17.7 Å². The largest absolute Gasteiger partial charge is 0.444 e. The number of guanidine groups is 1. The first kappa shape index (κ1) is 21.3. The summed E-state index contributed by atoms with van der Waals surface area (Å²) < 4.78 is 5.36. The lowest BCUT2D eigenvalue weighted by Gasteiger charge is -2.28. The van der Waals surface area contributed by atoms with Crippen LogP contribution in [0.1, 0.15) is 44.7 Å². The maximum atomic E-state index is 12.0. The number of aryl methyl sites for hydroxylation is 1. The Morgan fingerprint density at radius 1 is 1.31 bits per heavy atom. The number of carbonyl (C=O) groups is 1. The summed E-state index contributed by atoms with van der Waals surface area (Å²) in [5.74, 6) is 0.869. The summed E-state index contributed by atoms with van der Waals surface area (Å²) in [4.78, 5) is 21.0. The molecule has 1 amide bonds. The molecular weight excluding hydrogens is 366 g/mol. The number of nitrogens with one attached hydrogen (secondary N) is 2. The van der Waals surface area contributed by atoms with Crippen molar-refractivity contribution in [3.05, 3.63) is 29.3 Å². The Hall–Kier alpha value is -2.44. The van der Waals surface area contributed by atoms with Crippen LogP contribution in [0.3, 0.4) is 0 Å². The Kier molecular flexibility index (Phi) is 6.55. The summed E-state index contributed by atoms with van der Waals surface area (Å²) in [6.45, 7) is 9.08. The van der Waals surface area contributed by atoms with Gasteiger partial charge < -0.3 is 25.2 Å². The van der Waals surface area contributed by atoms with E-state index in [9.17, 15) is 4.79 Å². The zero-order valence-electron chi connectivity index (χ0n) is 18.4. The fourth-order valence-electron chi connectivity index (χ4n) is 4.01. The van der Waals surface area contributed by atoms with E-state index in [1.54, 1.807) is 7.05 Å². The van der Waals surface area contributed by atoms with Crippen molar-refractivity contribution < 1.29 is 9.53 Å². The molecule has 0 spiro atoms. The second kappa shape index (κ2) is 8.93. The molecule has 7 nitrogen and oxygen atoms in total. The molecule has 1 fully saturated rings. The second-order valence-corrected chi connectivity index (χ2v) is 8.97. The topological polar surface area (TPSA) is 69.2 Å². The van der Waals surface area contributed by atoms with Gasteiger partial charge >= 0.3 is 6.09 Å². The number of ether oxygens (including phenoxy) is 1. The molecule has 0 aliphatic carbocycles. The average Bonchev–Trinajstić information content (AvgIpc) is 3.09. The Morgan fingerprint density at radius 3 is 2.83 bits per heavy atom. The Morgan fingerprint density at radius 2 is 2.10 bits per heavy atom. The van der Waals surface area contributed by atoms with Crippen LogP contribution in [0.2, 0.25) is 0 Å². The maximum Gasteiger partial charge on any atom is 0.407 e. The molecule has 0 bridgehead atoms. The van der Waals surface area contributed by atoms with Gasteiger partial charge in [0.25, 0.3) is 0 Å². The van der Waals surface area contributed by atoms with Gasteiger partial charge in [-0.1, -0.05) is 12.1 Å². The minimum Gasteiger partial charge on any atom is -0.444 e. The lowest BCUT2D eigenvalue weighted by molar-refractivity contribution is 0.0507. The number of anilines is 1. The first-order chi connectivity index (χ1) is 13.7. The number of rotatable bonds is 3. The van der Waals surface area contributed by atoms with Crippen LogP contribution in [0.15, 0.2) is 23.2 Å². The molecule has 2 aliphatic rings. The van der Waals surface area contributed by atoms with Gasteiger partial charge in [-0.15, -0.1) is 0 Å². The highest BCUT2D eigenvalue weighted by Crippen LogP contribution is 2.26. The maximum absolute atomic E-state index is 12.0. The van der Waals surface area contributed by atoms with E-state index in [2.05, 4.69) is 50.7 Å². The van der Waals surface area contributed by atoms with Crippen molar-refractivity contribution in [2.24, 2.45) is 4.99 Å². The number of alkyl carbamates (subject to hydrolysis) is 1. The smallest absolute Gasteiger partial charge is 0.407 e. The summed E-state index contributed by atoms with van der Waals surface area (Å²) >= 11 is 0. The van der Waals surface area contributed by atoms with Crippen LogP contribution in [0.5, 0.6) is 0 Å². The monoisotopic (exact) mass is 401 g/mol. The van der Waals surface area contributed by atoms with Gasteiger partial charge in [0.15, 0.2) is 5.96 Å². The van der Waals surface area contributed by atoms with E-state index >= 15 is 0 Å². The van der Waals surface area contributed by atoms with E-state index in [0.29, 0.717) is 0 Å².